The molecule has 5 heteroatoms. The molecular weight excluding hydrogens is 278 g/mol. The quantitative estimate of drug-likeness (QED) is 0.731. The van der Waals surface area contributed by atoms with Crippen molar-refractivity contribution < 1.29 is 9.59 Å². The van der Waals surface area contributed by atoms with Crippen molar-refractivity contribution in [3.05, 3.63) is 36.0 Å². The highest BCUT2D eigenvalue weighted by atomic mass is 16.2. The number of para-hydroxylation sites is 1. The minimum atomic E-state index is -0.156. The lowest BCUT2D eigenvalue weighted by Crippen LogP contribution is -2.38. The molecule has 0 bridgehead atoms. The highest BCUT2D eigenvalue weighted by molar-refractivity contribution is 5.85. The number of aromatic amines is 1. The number of fused-ring (bicyclic) bond motifs is 1. The summed E-state index contributed by atoms with van der Waals surface area (Å²) >= 11 is 0. The van der Waals surface area contributed by atoms with Gasteiger partial charge in [-0.3, -0.25) is 9.59 Å². The van der Waals surface area contributed by atoms with Gasteiger partial charge in [0.15, 0.2) is 0 Å². The summed E-state index contributed by atoms with van der Waals surface area (Å²) in [6.45, 7) is 4.54. The molecule has 0 radical (unpaired) electrons. The number of rotatable bonds is 7. The van der Waals surface area contributed by atoms with Gasteiger partial charge in [-0.1, -0.05) is 32.0 Å². The molecule has 0 unspecified atom stereocenters. The summed E-state index contributed by atoms with van der Waals surface area (Å²) in [5.74, 6) is 0.0589. The Hall–Kier alpha value is -2.30. The van der Waals surface area contributed by atoms with Crippen molar-refractivity contribution in [1.29, 1.82) is 0 Å². The van der Waals surface area contributed by atoms with Crippen LogP contribution >= 0.6 is 0 Å². The highest BCUT2D eigenvalue weighted by Gasteiger charge is 2.08. The van der Waals surface area contributed by atoms with Crippen LogP contribution in [0.2, 0.25) is 0 Å². The first-order valence-corrected chi connectivity index (χ1v) is 7.64. The van der Waals surface area contributed by atoms with Crippen molar-refractivity contribution >= 4 is 22.7 Å². The molecule has 3 N–H and O–H groups in total. The second kappa shape index (κ2) is 7.64. The number of hydrogen-bond donors (Lipinski definition) is 3. The maximum absolute atomic E-state index is 11.7. The molecule has 1 heterocycles. The lowest BCUT2D eigenvalue weighted by molar-refractivity contribution is -0.126. The zero-order valence-electron chi connectivity index (χ0n) is 13.1. The SMILES string of the molecule is CC(C)CC(=O)NCC(=O)NCCc1c[nH]c2ccccc12. The van der Waals surface area contributed by atoms with E-state index in [2.05, 4.69) is 21.7 Å². The van der Waals surface area contributed by atoms with Crippen LogP contribution < -0.4 is 10.6 Å². The predicted molar refractivity (Wildman–Crippen MR) is 87.5 cm³/mol. The zero-order valence-corrected chi connectivity index (χ0v) is 13.1. The van der Waals surface area contributed by atoms with E-state index in [0.717, 1.165) is 11.9 Å². The Morgan fingerprint density at radius 3 is 2.68 bits per heavy atom. The topological polar surface area (TPSA) is 74.0 Å². The molecule has 0 aliphatic heterocycles. The molecule has 2 aromatic rings. The number of carbonyl (C=O) groups is 2. The Labute approximate surface area is 130 Å². The fraction of sp³-hybridized carbons (Fsp3) is 0.412. The zero-order chi connectivity index (χ0) is 15.9. The standard InChI is InChI=1S/C17H23N3O2/c1-12(2)9-16(21)20-11-17(22)18-8-7-13-10-19-15-6-4-3-5-14(13)15/h3-6,10,12,19H,7-9,11H2,1-2H3,(H,18,22)(H,20,21). The third kappa shape index (κ3) is 4.62. The lowest BCUT2D eigenvalue weighted by Gasteiger charge is -2.08. The van der Waals surface area contributed by atoms with Crippen LogP contribution in [0.15, 0.2) is 30.5 Å². The molecule has 0 saturated carbocycles. The van der Waals surface area contributed by atoms with Crippen LogP contribution in [0.3, 0.4) is 0 Å². The largest absolute Gasteiger partial charge is 0.361 e. The van der Waals surface area contributed by atoms with Crippen LogP contribution in [0.25, 0.3) is 10.9 Å². The molecule has 22 heavy (non-hydrogen) atoms. The molecular formula is C17H23N3O2. The van der Waals surface area contributed by atoms with Crippen LogP contribution in [0.4, 0.5) is 0 Å². The van der Waals surface area contributed by atoms with Gasteiger partial charge in [0.25, 0.3) is 0 Å². The predicted octanol–water partition coefficient (Wildman–Crippen LogP) is 1.99. The molecule has 0 saturated heterocycles. The van der Waals surface area contributed by atoms with Crippen LogP contribution in [-0.4, -0.2) is 29.9 Å². The lowest BCUT2D eigenvalue weighted by atomic mass is 10.1. The second-order valence-corrected chi connectivity index (χ2v) is 5.83. The van der Waals surface area contributed by atoms with Gasteiger partial charge in [0, 0.05) is 30.1 Å². The summed E-state index contributed by atoms with van der Waals surface area (Å²) in [5, 5.41) is 6.64. The number of benzene rings is 1. The maximum atomic E-state index is 11.7. The van der Waals surface area contributed by atoms with Crippen LogP contribution in [0, 0.1) is 5.92 Å². The van der Waals surface area contributed by atoms with Gasteiger partial charge in [0.2, 0.25) is 11.8 Å². The third-order valence-corrected chi connectivity index (χ3v) is 3.43. The van der Waals surface area contributed by atoms with Gasteiger partial charge in [-0.15, -0.1) is 0 Å². The highest BCUT2D eigenvalue weighted by Crippen LogP contribution is 2.17. The first-order valence-electron chi connectivity index (χ1n) is 7.64. The van der Waals surface area contributed by atoms with Crippen LogP contribution in [0.1, 0.15) is 25.8 Å². The van der Waals surface area contributed by atoms with E-state index in [9.17, 15) is 9.59 Å². The van der Waals surface area contributed by atoms with Gasteiger partial charge < -0.3 is 15.6 Å². The summed E-state index contributed by atoms with van der Waals surface area (Å²) in [5.41, 5.74) is 2.28. The Balaban J connectivity index is 1.72. The molecule has 1 aromatic heterocycles. The van der Waals surface area contributed by atoms with Crippen molar-refractivity contribution in [2.24, 2.45) is 5.92 Å². The molecule has 5 nitrogen and oxygen atoms in total. The molecule has 1 aromatic carbocycles. The van der Waals surface area contributed by atoms with Gasteiger partial charge in [0.05, 0.1) is 6.54 Å². The van der Waals surface area contributed by atoms with Gasteiger partial charge in [0.1, 0.15) is 0 Å². The molecule has 0 atom stereocenters. The number of carbonyl (C=O) groups excluding carboxylic acids is 2. The van der Waals surface area contributed by atoms with E-state index in [1.165, 1.54) is 10.9 Å². The summed E-state index contributed by atoms with van der Waals surface area (Å²) < 4.78 is 0. The number of H-pyrrole nitrogens is 1. The van der Waals surface area contributed by atoms with Gasteiger partial charge in [-0.2, -0.15) is 0 Å². The number of hydrogen-bond acceptors (Lipinski definition) is 2. The van der Waals surface area contributed by atoms with E-state index in [-0.39, 0.29) is 18.4 Å². The minimum Gasteiger partial charge on any atom is -0.361 e. The van der Waals surface area contributed by atoms with Crippen molar-refractivity contribution in [1.82, 2.24) is 15.6 Å². The third-order valence-electron chi connectivity index (χ3n) is 3.43. The fourth-order valence-electron chi connectivity index (χ4n) is 2.36. The molecule has 0 fully saturated rings. The average Bonchev–Trinajstić information content (AvgIpc) is 2.88. The molecule has 0 aliphatic rings. The van der Waals surface area contributed by atoms with E-state index >= 15 is 0 Å². The molecule has 0 spiro atoms. The van der Waals surface area contributed by atoms with Crippen LogP contribution in [0.5, 0.6) is 0 Å². The van der Waals surface area contributed by atoms with Gasteiger partial charge >= 0.3 is 0 Å². The number of amides is 2. The van der Waals surface area contributed by atoms with E-state index in [0.29, 0.717) is 18.9 Å². The van der Waals surface area contributed by atoms with E-state index < -0.39 is 0 Å². The van der Waals surface area contributed by atoms with Crippen molar-refractivity contribution in [3.63, 3.8) is 0 Å². The summed E-state index contributed by atoms with van der Waals surface area (Å²) in [6, 6.07) is 8.09. The Morgan fingerprint density at radius 1 is 1.14 bits per heavy atom. The van der Waals surface area contributed by atoms with Gasteiger partial charge in [-0.05, 0) is 24.0 Å². The Morgan fingerprint density at radius 2 is 1.91 bits per heavy atom. The maximum Gasteiger partial charge on any atom is 0.239 e. The molecule has 2 amide bonds. The van der Waals surface area contributed by atoms with E-state index in [1.807, 2.05) is 38.2 Å². The molecule has 0 aliphatic carbocycles. The number of aromatic nitrogens is 1. The molecule has 2 rings (SSSR count). The van der Waals surface area contributed by atoms with Crippen LogP contribution in [-0.2, 0) is 16.0 Å². The minimum absolute atomic E-state index is 0.0411. The molecule has 118 valence electrons. The monoisotopic (exact) mass is 301 g/mol. The fourth-order valence-corrected chi connectivity index (χ4v) is 2.36. The van der Waals surface area contributed by atoms with Crippen molar-refractivity contribution in [2.45, 2.75) is 26.7 Å². The number of nitrogens with one attached hydrogen (secondary N) is 3. The Kier molecular flexibility index (Phi) is 5.58. The van der Waals surface area contributed by atoms with E-state index in [1.54, 1.807) is 0 Å². The van der Waals surface area contributed by atoms with Crippen molar-refractivity contribution in [2.75, 3.05) is 13.1 Å². The van der Waals surface area contributed by atoms with Crippen molar-refractivity contribution in [3.8, 4) is 0 Å². The first-order chi connectivity index (χ1) is 10.6. The van der Waals surface area contributed by atoms with Gasteiger partial charge in [-0.25, -0.2) is 0 Å². The summed E-state index contributed by atoms with van der Waals surface area (Å²) in [4.78, 5) is 26.4. The Bertz CT molecular complexity index is 646. The first kappa shape index (κ1) is 16.1. The summed E-state index contributed by atoms with van der Waals surface area (Å²) in [6.07, 6.45) is 3.18. The second-order valence-electron chi connectivity index (χ2n) is 5.83. The average molecular weight is 301 g/mol. The smallest absolute Gasteiger partial charge is 0.239 e. The van der Waals surface area contributed by atoms with E-state index in [4.69, 9.17) is 0 Å². The normalized spacial score (nSPS) is 10.9. The summed E-state index contributed by atoms with van der Waals surface area (Å²) in [7, 11) is 0.